The SMILES string of the molecule is O=C(O)CCC(=O)c1ccc2c(c1)CCN2CCO. The number of rotatable bonds is 6. The number of aliphatic hydroxyl groups is 1. The van der Waals surface area contributed by atoms with E-state index >= 15 is 0 Å². The van der Waals surface area contributed by atoms with Gasteiger partial charge in [-0.25, -0.2) is 0 Å². The van der Waals surface area contributed by atoms with Crippen LogP contribution in [-0.2, 0) is 11.2 Å². The van der Waals surface area contributed by atoms with Crippen LogP contribution >= 0.6 is 0 Å². The molecule has 1 heterocycles. The molecule has 0 spiro atoms. The molecule has 1 aliphatic heterocycles. The summed E-state index contributed by atoms with van der Waals surface area (Å²) in [6.07, 6.45) is 0.760. The van der Waals surface area contributed by atoms with Crippen molar-refractivity contribution in [2.45, 2.75) is 19.3 Å². The first-order valence-corrected chi connectivity index (χ1v) is 6.35. The number of carbonyl (C=O) groups excluding carboxylic acids is 1. The van der Waals surface area contributed by atoms with E-state index in [0.29, 0.717) is 12.1 Å². The van der Waals surface area contributed by atoms with Crippen LogP contribution in [0.15, 0.2) is 18.2 Å². The molecule has 0 fully saturated rings. The molecule has 5 nitrogen and oxygen atoms in total. The van der Waals surface area contributed by atoms with Crippen molar-refractivity contribution >= 4 is 17.4 Å². The van der Waals surface area contributed by atoms with Gasteiger partial charge in [-0.05, 0) is 30.2 Å². The molecule has 0 aliphatic carbocycles. The third kappa shape index (κ3) is 3.12. The lowest BCUT2D eigenvalue weighted by molar-refractivity contribution is -0.136. The standard InChI is InChI=1S/C14H17NO4/c16-8-7-15-6-5-10-9-11(1-2-12(10)15)13(17)3-4-14(18)19/h1-2,9,16H,3-8H2,(H,18,19). The Bertz CT molecular complexity index is 498. The van der Waals surface area contributed by atoms with Crippen molar-refractivity contribution < 1.29 is 19.8 Å². The molecule has 0 saturated heterocycles. The second kappa shape index (κ2) is 5.84. The van der Waals surface area contributed by atoms with Crippen LogP contribution in [0.2, 0.25) is 0 Å². The number of nitrogens with zero attached hydrogens (tertiary/aromatic N) is 1. The molecule has 0 aromatic heterocycles. The number of Topliss-reactive ketones (excluding diaryl/α,β-unsaturated/α-hetero) is 1. The number of carboxylic acid groups (broad SMARTS) is 1. The Hall–Kier alpha value is -1.88. The summed E-state index contributed by atoms with van der Waals surface area (Å²) in [5.41, 5.74) is 2.73. The van der Waals surface area contributed by atoms with Gasteiger partial charge in [0.05, 0.1) is 13.0 Å². The normalized spacial score (nSPS) is 13.4. The summed E-state index contributed by atoms with van der Waals surface area (Å²) >= 11 is 0. The van der Waals surface area contributed by atoms with E-state index in [0.717, 1.165) is 24.2 Å². The van der Waals surface area contributed by atoms with Gasteiger partial charge in [-0.3, -0.25) is 9.59 Å². The Kier molecular flexibility index (Phi) is 4.16. The highest BCUT2D eigenvalue weighted by Crippen LogP contribution is 2.28. The molecule has 102 valence electrons. The van der Waals surface area contributed by atoms with Gasteiger partial charge in [0.1, 0.15) is 0 Å². The minimum Gasteiger partial charge on any atom is -0.481 e. The zero-order valence-electron chi connectivity index (χ0n) is 10.6. The first-order valence-electron chi connectivity index (χ1n) is 6.35. The van der Waals surface area contributed by atoms with Crippen molar-refractivity contribution in [2.75, 3.05) is 24.6 Å². The molecule has 2 N–H and O–H groups in total. The Balaban J connectivity index is 2.10. The average molecular weight is 263 g/mol. The number of benzene rings is 1. The van der Waals surface area contributed by atoms with Gasteiger partial charge in [-0.15, -0.1) is 0 Å². The predicted molar refractivity (Wildman–Crippen MR) is 70.6 cm³/mol. The highest BCUT2D eigenvalue weighted by molar-refractivity contribution is 5.98. The maximum Gasteiger partial charge on any atom is 0.303 e. The molecule has 0 bridgehead atoms. The number of hydrogen-bond donors (Lipinski definition) is 2. The van der Waals surface area contributed by atoms with Crippen molar-refractivity contribution in [1.29, 1.82) is 0 Å². The number of carboxylic acids is 1. The Morgan fingerprint density at radius 2 is 2.05 bits per heavy atom. The molecule has 1 aromatic rings. The highest BCUT2D eigenvalue weighted by Gasteiger charge is 2.20. The second-order valence-corrected chi connectivity index (χ2v) is 4.62. The van der Waals surface area contributed by atoms with Gasteiger partial charge >= 0.3 is 5.97 Å². The fourth-order valence-electron chi connectivity index (χ4n) is 2.36. The van der Waals surface area contributed by atoms with Gasteiger partial charge in [0.2, 0.25) is 0 Å². The van der Waals surface area contributed by atoms with E-state index in [1.54, 1.807) is 6.07 Å². The molecule has 0 atom stereocenters. The minimum atomic E-state index is -0.955. The lowest BCUT2D eigenvalue weighted by Crippen LogP contribution is -2.23. The summed E-state index contributed by atoms with van der Waals surface area (Å²) in [5, 5.41) is 17.5. The van der Waals surface area contributed by atoms with Crippen molar-refractivity contribution in [3.8, 4) is 0 Å². The number of β-amino-alcohol motifs (C(OH)–C–C–N with tert-alkyl or cyclic N) is 1. The Labute approximate surface area is 111 Å². The smallest absolute Gasteiger partial charge is 0.303 e. The molecule has 19 heavy (non-hydrogen) atoms. The minimum absolute atomic E-state index is 0.0362. The van der Waals surface area contributed by atoms with Crippen LogP contribution in [0, 0.1) is 0 Å². The van der Waals surface area contributed by atoms with Gasteiger partial charge in [0.15, 0.2) is 5.78 Å². The molecule has 0 radical (unpaired) electrons. The summed E-state index contributed by atoms with van der Waals surface area (Å²) in [6.45, 7) is 1.56. The number of ketones is 1. The summed E-state index contributed by atoms with van der Waals surface area (Å²) in [5.74, 6) is -1.09. The summed E-state index contributed by atoms with van der Waals surface area (Å²) in [7, 11) is 0. The number of aliphatic carboxylic acids is 1. The molecule has 0 unspecified atom stereocenters. The number of carbonyl (C=O) groups is 2. The number of hydrogen-bond acceptors (Lipinski definition) is 4. The van der Waals surface area contributed by atoms with Gasteiger partial charge in [-0.1, -0.05) is 0 Å². The average Bonchev–Trinajstić information content (AvgIpc) is 2.79. The predicted octanol–water partition coefficient (Wildman–Crippen LogP) is 1.09. The summed E-state index contributed by atoms with van der Waals surface area (Å²) < 4.78 is 0. The van der Waals surface area contributed by atoms with E-state index in [2.05, 4.69) is 4.90 Å². The van der Waals surface area contributed by atoms with Crippen LogP contribution < -0.4 is 4.90 Å². The zero-order valence-corrected chi connectivity index (χ0v) is 10.6. The molecule has 5 heteroatoms. The number of aliphatic hydroxyl groups excluding tert-OH is 1. The van der Waals surface area contributed by atoms with Crippen molar-refractivity contribution in [1.82, 2.24) is 0 Å². The maximum absolute atomic E-state index is 11.8. The topological polar surface area (TPSA) is 77.8 Å². The number of anilines is 1. The monoisotopic (exact) mass is 263 g/mol. The lowest BCUT2D eigenvalue weighted by Gasteiger charge is -2.17. The highest BCUT2D eigenvalue weighted by atomic mass is 16.4. The first-order chi connectivity index (χ1) is 9.11. The van der Waals surface area contributed by atoms with Crippen LogP contribution in [0.5, 0.6) is 0 Å². The largest absolute Gasteiger partial charge is 0.481 e. The molecule has 1 aromatic carbocycles. The van der Waals surface area contributed by atoms with Crippen molar-refractivity contribution in [2.24, 2.45) is 0 Å². The van der Waals surface area contributed by atoms with Gasteiger partial charge in [-0.2, -0.15) is 0 Å². The van der Waals surface area contributed by atoms with E-state index < -0.39 is 5.97 Å². The van der Waals surface area contributed by atoms with Crippen molar-refractivity contribution in [3.63, 3.8) is 0 Å². The van der Waals surface area contributed by atoms with Gasteiger partial charge in [0.25, 0.3) is 0 Å². The summed E-state index contributed by atoms with van der Waals surface area (Å²) in [4.78, 5) is 24.4. The first kappa shape index (κ1) is 13.5. The van der Waals surface area contributed by atoms with Crippen LogP contribution in [0.25, 0.3) is 0 Å². The third-order valence-electron chi connectivity index (χ3n) is 3.33. The lowest BCUT2D eigenvalue weighted by atomic mass is 10.0. The fourth-order valence-corrected chi connectivity index (χ4v) is 2.36. The van der Waals surface area contributed by atoms with E-state index in [1.165, 1.54) is 0 Å². The second-order valence-electron chi connectivity index (χ2n) is 4.62. The molecule has 1 aliphatic rings. The van der Waals surface area contributed by atoms with Crippen LogP contribution in [-0.4, -0.2) is 41.7 Å². The maximum atomic E-state index is 11.8. The Morgan fingerprint density at radius 1 is 1.26 bits per heavy atom. The molecule has 0 saturated carbocycles. The summed E-state index contributed by atoms with van der Waals surface area (Å²) in [6, 6.07) is 5.46. The van der Waals surface area contributed by atoms with Crippen LogP contribution in [0.3, 0.4) is 0 Å². The van der Waals surface area contributed by atoms with Gasteiger partial charge < -0.3 is 15.1 Å². The number of fused-ring (bicyclic) bond motifs is 1. The van der Waals surface area contributed by atoms with Crippen molar-refractivity contribution in [3.05, 3.63) is 29.3 Å². The third-order valence-corrected chi connectivity index (χ3v) is 3.33. The van der Waals surface area contributed by atoms with E-state index in [-0.39, 0.29) is 25.2 Å². The molecular formula is C14H17NO4. The zero-order chi connectivity index (χ0) is 13.8. The molecule has 2 rings (SSSR count). The fraction of sp³-hybridized carbons (Fsp3) is 0.429. The quantitative estimate of drug-likeness (QED) is 0.751. The molecule has 0 amide bonds. The van der Waals surface area contributed by atoms with Crippen LogP contribution in [0.1, 0.15) is 28.8 Å². The van der Waals surface area contributed by atoms with Gasteiger partial charge in [0, 0.05) is 30.8 Å². The van der Waals surface area contributed by atoms with E-state index in [1.807, 2.05) is 12.1 Å². The van der Waals surface area contributed by atoms with E-state index in [9.17, 15) is 9.59 Å². The Morgan fingerprint density at radius 3 is 2.74 bits per heavy atom. The molecular weight excluding hydrogens is 246 g/mol. The van der Waals surface area contributed by atoms with Crippen LogP contribution in [0.4, 0.5) is 5.69 Å². The van der Waals surface area contributed by atoms with E-state index in [4.69, 9.17) is 10.2 Å².